The Morgan fingerprint density at radius 1 is 1.29 bits per heavy atom. The van der Waals surface area contributed by atoms with Gasteiger partial charge in [-0.3, -0.25) is 4.68 Å². The molecular formula is C16H25ClN4. The zero-order chi connectivity index (χ0) is 15.2. The van der Waals surface area contributed by atoms with Crippen molar-refractivity contribution in [2.45, 2.75) is 64.8 Å². The van der Waals surface area contributed by atoms with E-state index in [1.807, 2.05) is 11.7 Å². The molecule has 21 heavy (non-hydrogen) atoms. The first kappa shape index (κ1) is 14.9. The summed E-state index contributed by atoms with van der Waals surface area (Å²) in [6, 6.07) is 0.511. The summed E-state index contributed by atoms with van der Waals surface area (Å²) in [6.07, 6.45) is 5.84. The van der Waals surface area contributed by atoms with Crippen LogP contribution in [0.2, 0.25) is 0 Å². The van der Waals surface area contributed by atoms with Crippen LogP contribution in [-0.2, 0) is 19.3 Å². The second kappa shape index (κ2) is 5.31. The van der Waals surface area contributed by atoms with Gasteiger partial charge in [-0.2, -0.15) is 5.10 Å². The lowest BCUT2D eigenvalue weighted by Gasteiger charge is -2.35. The van der Waals surface area contributed by atoms with E-state index in [0.717, 1.165) is 29.1 Å². The van der Waals surface area contributed by atoms with Crippen LogP contribution in [0.15, 0.2) is 0 Å². The number of hydrogen-bond donors (Lipinski definition) is 0. The summed E-state index contributed by atoms with van der Waals surface area (Å²) in [6.45, 7) is 6.87. The molecule has 0 spiro atoms. The van der Waals surface area contributed by atoms with Crippen molar-refractivity contribution in [1.82, 2.24) is 19.3 Å². The monoisotopic (exact) mass is 308 g/mol. The summed E-state index contributed by atoms with van der Waals surface area (Å²) < 4.78 is 4.35. The average molecular weight is 309 g/mol. The van der Waals surface area contributed by atoms with Crippen molar-refractivity contribution in [2.75, 3.05) is 0 Å². The third-order valence-electron chi connectivity index (χ3n) is 4.94. The van der Waals surface area contributed by atoms with E-state index >= 15 is 0 Å². The molecule has 0 bridgehead atoms. The predicted molar refractivity (Wildman–Crippen MR) is 86.7 cm³/mol. The van der Waals surface area contributed by atoms with Gasteiger partial charge in [-0.15, -0.1) is 11.6 Å². The maximum atomic E-state index is 6.17. The van der Waals surface area contributed by atoms with Gasteiger partial charge in [0.05, 0.1) is 11.6 Å². The number of nitrogens with zero attached hydrogens (tertiary/aromatic N) is 4. The fourth-order valence-corrected chi connectivity index (χ4v) is 3.79. The van der Waals surface area contributed by atoms with Gasteiger partial charge in [0.1, 0.15) is 11.3 Å². The standard InChI is InChI=1S/C16H25ClN4/c1-5-12-14-15(20(4)19-12)21(13(10-17)18-14)11-6-8-16(2,3)9-7-11/h11H,5-10H2,1-4H3. The predicted octanol–water partition coefficient (Wildman–Crippen LogP) is 4.21. The number of aromatic nitrogens is 4. The Morgan fingerprint density at radius 2 is 1.95 bits per heavy atom. The Balaban J connectivity index is 2.07. The zero-order valence-corrected chi connectivity index (χ0v) is 14.2. The Bertz CT molecular complexity index is 643. The highest BCUT2D eigenvalue weighted by molar-refractivity contribution is 6.16. The van der Waals surface area contributed by atoms with Crippen LogP contribution in [-0.4, -0.2) is 19.3 Å². The molecule has 1 aliphatic rings. The molecule has 2 aromatic heterocycles. The summed E-state index contributed by atoms with van der Waals surface area (Å²) >= 11 is 6.17. The Morgan fingerprint density at radius 3 is 2.52 bits per heavy atom. The van der Waals surface area contributed by atoms with Crippen LogP contribution in [0, 0.1) is 5.41 Å². The van der Waals surface area contributed by atoms with Gasteiger partial charge in [0.15, 0.2) is 5.65 Å². The van der Waals surface area contributed by atoms with E-state index in [9.17, 15) is 0 Å². The normalized spacial score (nSPS) is 19.5. The summed E-state index contributed by atoms with van der Waals surface area (Å²) in [4.78, 5) is 4.78. The van der Waals surface area contributed by atoms with Crippen LogP contribution in [0.3, 0.4) is 0 Å². The van der Waals surface area contributed by atoms with Crippen molar-refractivity contribution < 1.29 is 0 Å². The third-order valence-corrected chi connectivity index (χ3v) is 5.18. The topological polar surface area (TPSA) is 35.6 Å². The largest absolute Gasteiger partial charge is 0.309 e. The molecule has 0 saturated heterocycles. The second-order valence-corrected chi connectivity index (χ2v) is 7.29. The van der Waals surface area contributed by atoms with E-state index in [2.05, 4.69) is 30.4 Å². The van der Waals surface area contributed by atoms with Crippen molar-refractivity contribution in [2.24, 2.45) is 12.5 Å². The molecule has 0 unspecified atom stereocenters. The molecule has 3 rings (SSSR count). The van der Waals surface area contributed by atoms with Crippen LogP contribution in [0.25, 0.3) is 11.2 Å². The minimum Gasteiger partial charge on any atom is -0.309 e. The first-order valence-electron chi connectivity index (χ1n) is 7.95. The van der Waals surface area contributed by atoms with Crippen molar-refractivity contribution in [3.05, 3.63) is 11.5 Å². The lowest BCUT2D eigenvalue weighted by Crippen LogP contribution is -2.24. The summed E-state index contributed by atoms with van der Waals surface area (Å²) in [5, 5.41) is 4.62. The number of halogens is 1. The van der Waals surface area contributed by atoms with Crippen molar-refractivity contribution in [3.8, 4) is 0 Å². The van der Waals surface area contributed by atoms with Crippen molar-refractivity contribution >= 4 is 22.8 Å². The fourth-order valence-electron chi connectivity index (χ4n) is 3.61. The number of aryl methyl sites for hydroxylation is 2. The molecule has 0 atom stereocenters. The average Bonchev–Trinajstić information content (AvgIpc) is 2.97. The summed E-state index contributed by atoms with van der Waals surface area (Å²) in [5.74, 6) is 1.47. The molecule has 5 heteroatoms. The van der Waals surface area contributed by atoms with Crippen LogP contribution in [0.1, 0.15) is 64.0 Å². The quantitative estimate of drug-likeness (QED) is 0.796. The van der Waals surface area contributed by atoms with Crippen LogP contribution < -0.4 is 0 Å². The molecule has 0 radical (unpaired) electrons. The zero-order valence-electron chi connectivity index (χ0n) is 13.5. The number of imidazole rings is 1. The lowest BCUT2D eigenvalue weighted by molar-refractivity contribution is 0.193. The Hall–Kier alpha value is -1.03. The smallest absolute Gasteiger partial charge is 0.158 e. The number of rotatable bonds is 3. The van der Waals surface area contributed by atoms with Gasteiger partial charge >= 0.3 is 0 Å². The van der Waals surface area contributed by atoms with Gasteiger partial charge in [0.25, 0.3) is 0 Å². The third kappa shape index (κ3) is 2.48. The first-order chi connectivity index (χ1) is 9.96. The fraction of sp³-hybridized carbons (Fsp3) is 0.750. The van der Waals surface area contributed by atoms with Crippen LogP contribution >= 0.6 is 11.6 Å². The molecule has 0 N–H and O–H groups in total. The van der Waals surface area contributed by atoms with E-state index in [1.165, 1.54) is 25.7 Å². The highest BCUT2D eigenvalue weighted by Gasteiger charge is 2.31. The number of hydrogen-bond acceptors (Lipinski definition) is 2. The maximum absolute atomic E-state index is 6.17. The molecule has 2 aromatic rings. The van der Waals surface area contributed by atoms with Crippen molar-refractivity contribution in [1.29, 1.82) is 0 Å². The van der Waals surface area contributed by atoms with Gasteiger partial charge in [-0.25, -0.2) is 4.98 Å². The van der Waals surface area contributed by atoms with Gasteiger partial charge in [0.2, 0.25) is 0 Å². The minimum atomic E-state index is 0.470. The van der Waals surface area contributed by atoms with Crippen LogP contribution in [0.5, 0.6) is 0 Å². The lowest BCUT2D eigenvalue weighted by atomic mass is 9.75. The molecule has 0 amide bonds. The molecule has 1 fully saturated rings. The van der Waals surface area contributed by atoms with E-state index < -0.39 is 0 Å². The summed E-state index contributed by atoms with van der Waals surface area (Å²) in [7, 11) is 2.02. The molecule has 2 heterocycles. The SMILES string of the molecule is CCc1nn(C)c2c1nc(CCl)n2C1CCC(C)(C)CC1. The van der Waals surface area contributed by atoms with Crippen molar-refractivity contribution in [3.63, 3.8) is 0 Å². The van der Waals surface area contributed by atoms with Gasteiger partial charge in [-0.05, 0) is 37.5 Å². The highest BCUT2D eigenvalue weighted by Crippen LogP contribution is 2.42. The molecule has 116 valence electrons. The Labute approximate surface area is 131 Å². The molecule has 4 nitrogen and oxygen atoms in total. The van der Waals surface area contributed by atoms with E-state index in [-0.39, 0.29) is 0 Å². The number of alkyl halides is 1. The minimum absolute atomic E-state index is 0.470. The molecule has 1 saturated carbocycles. The van der Waals surface area contributed by atoms with Gasteiger partial charge in [-0.1, -0.05) is 20.8 Å². The van der Waals surface area contributed by atoms with Gasteiger partial charge < -0.3 is 4.57 Å². The van der Waals surface area contributed by atoms with E-state index in [0.29, 0.717) is 17.3 Å². The second-order valence-electron chi connectivity index (χ2n) is 7.02. The molecule has 0 aliphatic heterocycles. The molecule has 1 aliphatic carbocycles. The van der Waals surface area contributed by atoms with Crippen LogP contribution in [0.4, 0.5) is 0 Å². The maximum Gasteiger partial charge on any atom is 0.158 e. The Kier molecular flexibility index (Phi) is 3.76. The summed E-state index contributed by atoms with van der Waals surface area (Å²) in [5.41, 5.74) is 3.74. The molecule has 0 aromatic carbocycles. The molecular weight excluding hydrogens is 284 g/mol. The van der Waals surface area contributed by atoms with Gasteiger partial charge in [0, 0.05) is 13.1 Å². The number of fused-ring (bicyclic) bond motifs is 1. The first-order valence-corrected chi connectivity index (χ1v) is 8.49. The van der Waals surface area contributed by atoms with E-state index in [4.69, 9.17) is 16.6 Å². The highest BCUT2D eigenvalue weighted by atomic mass is 35.5. The van der Waals surface area contributed by atoms with E-state index in [1.54, 1.807) is 0 Å².